The quantitative estimate of drug-likeness (QED) is 0.608. The van der Waals surface area contributed by atoms with Crippen LogP contribution in [0.15, 0.2) is 22.7 Å². The van der Waals surface area contributed by atoms with Gasteiger partial charge in [-0.05, 0) is 18.2 Å². The maximum atomic E-state index is 12.5. The molecule has 0 aromatic heterocycles. The Kier molecular flexibility index (Phi) is 4.35. The van der Waals surface area contributed by atoms with Crippen LogP contribution >= 0.6 is 15.9 Å². The predicted molar refractivity (Wildman–Crippen MR) is 61.5 cm³/mol. The monoisotopic (exact) mass is 304 g/mol. The van der Waals surface area contributed by atoms with E-state index in [2.05, 4.69) is 21.9 Å². The third-order valence-electron chi connectivity index (χ3n) is 2.09. The van der Waals surface area contributed by atoms with Gasteiger partial charge in [-0.15, -0.1) is 12.3 Å². The predicted octanol–water partition coefficient (Wildman–Crippen LogP) is 4.06. The van der Waals surface area contributed by atoms with Gasteiger partial charge in [0.25, 0.3) is 0 Å². The van der Waals surface area contributed by atoms with E-state index in [4.69, 9.17) is 6.42 Å². The van der Waals surface area contributed by atoms with Crippen LogP contribution < -0.4 is 0 Å². The fraction of sp³-hybridized carbons (Fsp3) is 0.250. The summed E-state index contributed by atoms with van der Waals surface area (Å²) in [6.07, 6.45) is 0.790. The number of alkyl halides is 3. The average molecular weight is 305 g/mol. The Morgan fingerprint density at radius 3 is 2.59 bits per heavy atom. The van der Waals surface area contributed by atoms with Crippen LogP contribution in [0.4, 0.5) is 13.2 Å². The molecule has 0 heterocycles. The Labute approximate surface area is 105 Å². The SMILES string of the molecule is C#CCCC(=O)c1cc(C(F)(F)F)ccc1Br. The lowest BCUT2D eigenvalue weighted by atomic mass is 10.0. The zero-order chi connectivity index (χ0) is 13.1. The van der Waals surface area contributed by atoms with Gasteiger partial charge in [-0.1, -0.05) is 15.9 Å². The van der Waals surface area contributed by atoms with E-state index in [0.29, 0.717) is 4.47 Å². The second-order valence-electron chi connectivity index (χ2n) is 3.32. The van der Waals surface area contributed by atoms with E-state index in [1.165, 1.54) is 6.07 Å². The molecule has 5 heteroatoms. The number of halogens is 4. The average Bonchev–Trinajstić information content (AvgIpc) is 2.24. The van der Waals surface area contributed by atoms with Gasteiger partial charge in [-0.25, -0.2) is 0 Å². The molecule has 1 aromatic carbocycles. The van der Waals surface area contributed by atoms with Crippen LogP contribution in [0.3, 0.4) is 0 Å². The largest absolute Gasteiger partial charge is 0.416 e. The lowest BCUT2D eigenvalue weighted by molar-refractivity contribution is -0.137. The molecule has 0 unspecified atom stereocenters. The molecule has 90 valence electrons. The second kappa shape index (κ2) is 5.37. The first-order valence-electron chi connectivity index (χ1n) is 4.69. The van der Waals surface area contributed by atoms with Gasteiger partial charge in [-0.2, -0.15) is 13.2 Å². The van der Waals surface area contributed by atoms with Crippen LogP contribution in [-0.4, -0.2) is 5.78 Å². The summed E-state index contributed by atoms with van der Waals surface area (Å²) in [5.41, 5.74) is -0.833. The Balaban J connectivity index is 3.07. The maximum Gasteiger partial charge on any atom is 0.416 e. The summed E-state index contributed by atoms with van der Waals surface area (Å²) in [4.78, 5) is 11.6. The number of hydrogen-bond acceptors (Lipinski definition) is 1. The van der Waals surface area contributed by atoms with Crippen molar-refractivity contribution in [3.63, 3.8) is 0 Å². The summed E-state index contributed by atoms with van der Waals surface area (Å²) in [6, 6.07) is 2.97. The van der Waals surface area contributed by atoms with Crippen LogP contribution in [0.25, 0.3) is 0 Å². The van der Waals surface area contributed by atoms with E-state index >= 15 is 0 Å². The zero-order valence-electron chi connectivity index (χ0n) is 8.64. The molecule has 0 bridgehead atoms. The van der Waals surface area contributed by atoms with E-state index in [1.54, 1.807) is 0 Å². The van der Waals surface area contributed by atoms with Crippen molar-refractivity contribution in [2.75, 3.05) is 0 Å². The lowest BCUT2D eigenvalue weighted by Gasteiger charge is -2.09. The number of terminal acetylenes is 1. The van der Waals surface area contributed by atoms with Gasteiger partial charge >= 0.3 is 6.18 Å². The van der Waals surface area contributed by atoms with Crippen molar-refractivity contribution in [1.29, 1.82) is 0 Å². The van der Waals surface area contributed by atoms with Crippen molar-refractivity contribution in [2.45, 2.75) is 19.0 Å². The van der Waals surface area contributed by atoms with Crippen LogP contribution in [0.5, 0.6) is 0 Å². The van der Waals surface area contributed by atoms with Crippen molar-refractivity contribution in [1.82, 2.24) is 0 Å². The number of benzene rings is 1. The van der Waals surface area contributed by atoms with Crippen LogP contribution in [0.2, 0.25) is 0 Å². The molecule has 17 heavy (non-hydrogen) atoms. The molecule has 0 saturated carbocycles. The minimum atomic E-state index is -4.46. The summed E-state index contributed by atoms with van der Waals surface area (Å²) in [7, 11) is 0. The third-order valence-corrected chi connectivity index (χ3v) is 2.78. The van der Waals surface area contributed by atoms with Gasteiger partial charge in [-0.3, -0.25) is 4.79 Å². The highest BCUT2D eigenvalue weighted by atomic mass is 79.9. The molecule has 0 spiro atoms. The number of ketones is 1. The Morgan fingerprint density at radius 1 is 1.41 bits per heavy atom. The minimum Gasteiger partial charge on any atom is -0.294 e. The highest BCUT2D eigenvalue weighted by Crippen LogP contribution is 2.32. The van der Waals surface area contributed by atoms with E-state index in [1.807, 2.05) is 0 Å². The molecule has 1 rings (SSSR count). The van der Waals surface area contributed by atoms with Crippen molar-refractivity contribution in [2.24, 2.45) is 0 Å². The molecule has 0 N–H and O–H groups in total. The number of rotatable bonds is 3. The summed E-state index contributed by atoms with van der Waals surface area (Å²) in [6.45, 7) is 0. The highest BCUT2D eigenvalue weighted by Gasteiger charge is 2.31. The normalized spacial score (nSPS) is 11.0. The van der Waals surface area contributed by atoms with Gasteiger partial charge < -0.3 is 0 Å². The molecule has 0 amide bonds. The first-order valence-corrected chi connectivity index (χ1v) is 5.49. The minimum absolute atomic E-state index is 0.00933. The van der Waals surface area contributed by atoms with E-state index in [9.17, 15) is 18.0 Å². The summed E-state index contributed by atoms with van der Waals surface area (Å²) < 4.78 is 37.7. The Bertz CT molecular complexity index is 472. The molecule has 1 aromatic rings. The van der Waals surface area contributed by atoms with Crippen molar-refractivity contribution >= 4 is 21.7 Å². The molecule has 0 aliphatic rings. The summed E-state index contributed by atoms with van der Waals surface area (Å²) in [5, 5.41) is 0. The molecule has 0 atom stereocenters. The molecule has 0 aliphatic heterocycles. The highest BCUT2D eigenvalue weighted by molar-refractivity contribution is 9.10. The van der Waals surface area contributed by atoms with Gasteiger partial charge in [0.05, 0.1) is 5.56 Å². The van der Waals surface area contributed by atoms with Gasteiger partial charge in [0.2, 0.25) is 0 Å². The van der Waals surface area contributed by atoms with Crippen molar-refractivity contribution in [3.05, 3.63) is 33.8 Å². The summed E-state index contributed by atoms with van der Waals surface area (Å²) in [5.74, 6) is 1.87. The topological polar surface area (TPSA) is 17.1 Å². The maximum absolute atomic E-state index is 12.5. The first-order chi connectivity index (χ1) is 7.86. The van der Waals surface area contributed by atoms with Crippen LogP contribution in [0, 0.1) is 12.3 Å². The molecular weight excluding hydrogens is 297 g/mol. The van der Waals surface area contributed by atoms with E-state index in [-0.39, 0.29) is 18.4 Å². The Morgan fingerprint density at radius 2 is 2.06 bits per heavy atom. The standard InChI is InChI=1S/C12H8BrF3O/c1-2-3-4-11(17)9-7-8(12(14,15)16)5-6-10(9)13/h1,5-7H,3-4H2. The zero-order valence-corrected chi connectivity index (χ0v) is 10.2. The lowest BCUT2D eigenvalue weighted by Crippen LogP contribution is -2.08. The van der Waals surface area contributed by atoms with Gasteiger partial charge in [0.1, 0.15) is 0 Å². The molecule has 0 aliphatic carbocycles. The smallest absolute Gasteiger partial charge is 0.294 e. The molecule has 0 saturated heterocycles. The van der Waals surface area contributed by atoms with E-state index < -0.39 is 17.5 Å². The third kappa shape index (κ3) is 3.60. The molecular formula is C12H8BrF3O. The molecule has 1 nitrogen and oxygen atoms in total. The van der Waals surface area contributed by atoms with Gasteiger partial charge in [0.15, 0.2) is 5.78 Å². The second-order valence-corrected chi connectivity index (χ2v) is 4.17. The van der Waals surface area contributed by atoms with Crippen molar-refractivity contribution < 1.29 is 18.0 Å². The molecule has 0 fully saturated rings. The van der Waals surface area contributed by atoms with Crippen LogP contribution in [-0.2, 0) is 6.18 Å². The van der Waals surface area contributed by atoms with Crippen LogP contribution in [0.1, 0.15) is 28.8 Å². The number of hydrogen-bond donors (Lipinski definition) is 0. The number of Topliss-reactive ketones (excluding diaryl/α,β-unsaturated/α-hetero) is 1. The number of carbonyl (C=O) groups is 1. The first kappa shape index (κ1) is 13.8. The van der Waals surface area contributed by atoms with Gasteiger partial charge in [0, 0.05) is 22.9 Å². The summed E-state index contributed by atoms with van der Waals surface area (Å²) >= 11 is 3.05. The Hall–Kier alpha value is -1.28. The van der Waals surface area contributed by atoms with E-state index in [0.717, 1.165) is 12.1 Å². The fourth-order valence-corrected chi connectivity index (χ4v) is 1.70. The number of carbonyl (C=O) groups excluding carboxylic acids is 1. The molecule has 0 radical (unpaired) electrons. The van der Waals surface area contributed by atoms with Crippen molar-refractivity contribution in [3.8, 4) is 12.3 Å². The fourth-order valence-electron chi connectivity index (χ4n) is 1.24.